The predicted octanol–water partition coefficient (Wildman–Crippen LogP) is 3.15. The van der Waals surface area contributed by atoms with E-state index in [4.69, 9.17) is 10.5 Å². The second kappa shape index (κ2) is 6.99. The van der Waals surface area contributed by atoms with E-state index in [9.17, 15) is 9.18 Å². The van der Waals surface area contributed by atoms with Crippen LogP contribution in [0, 0.1) is 5.82 Å². The fraction of sp³-hybridized carbons (Fsp3) is 0.133. The predicted molar refractivity (Wildman–Crippen MR) is 83.2 cm³/mol. The van der Waals surface area contributed by atoms with Gasteiger partial charge in [-0.05, 0) is 30.3 Å². The molecule has 0 spiro atoms. The highest BCUT2D eigenvalue weighted by atomic mass is 32.2. The van der Waals surface area contributed by atoms with Gasteiger partial charge in [0, 0.05) is 16.6 Å². The van der Waals surface area contributed by atoms with Gasteiger partial charge in [0.25, 0.3) is 0 Å². The number of nitrogen functional groups attached to an aromatic ring is 1. The maximum atomic E-state index is 13.3. The van der Waals surface area contributed by atoms with Crippen molar-refractivity contribution in [1.29, 1.82) is 0 Å². The fourth-order valence-electron chi connectivity index (χ4n) is 1.64. The summed E-state index contributed by atoms with van der Waals surface area (Å²) in [6.07, 6.45) is 0. The number of anilines is 2. The van der Waals surface area contributed by atoms with Gasteiger partial charge in [-0.15, -0.1) is 11.8 Å². The summed E-state index contributed by atoms with van der Waals surface area (Å²) < 4.78 is 18.4. The summed E-state index contributed by atoms with van der Waals surface area (Å²) in [5, 5.41) is 2.75. The number of nitrogens with one attached hydrogen (secondary N) is 1. The van der Waals surface area contributed by atoms with Gasteiger partial charge in [-0.2, -0.15) is 0 Å². The minimum Gasteiger partial charge on any atom is -0.497 e. The molecule has 0 aliphatic heterocycles. The van der Waals surface area contributed by atoms with Crippen molar-refractivity contribution < 1.29 is 13.9 Å². The molecule has 0 unspecified atom stereocenters. The SMILES string of the molecule is COc1cccc(NC(=O)CSc2ccc(N)c(F)c2)c1. The Kier molecular flexibility index (Phi) is 5.05. The molecular weight excluding hydrogens is 291 g/mol. The average Bonchev–Trinajstić information content (AvgIpc) is 2.48. The van der Waals surface area contributed by atoms with Gasteiger partial charge in [0.05, 0.1) is 18.6 Å². The number of carbonyl (C=O) groups excluding carboxylic acids is 1. The summed E-state index contributed by atoms with van der Waals surface area (Å²) in [5.74, 6) is 0.195. The molecule has 0 radical (unpaired) electrons. The zero-order valence-electron chi connectivity index (χ0n) is 11.4. The van der Waals surface area contributed by atoms with Crippen LogP contribution in [-0.4, -0.2) is 18.8 Å². The van der Waals surface area contributed by atoms with Crippen molar-refractivity contribution in [2.45, 2.75) is 4.90 Å². The molecule has 3 N–H and O–H groups in total. The van der Waals surface area contributed by atoms with E-state index in [2.05, 4.69) is 5.32 Å². The first-order chi connectivity index (χ1) is 10.1. The van der Waals surface area contributed by atoms with Crippen LogP contribution in [0.25, 0.3) is 0 Å². The molecule has 0 atom stereocenters. The summed E-state index contributed by atoms with van der Waals surface area (Å²) in [5.41, 5.74) is 6.15. The Morgan fingerprint density at radius 2 is 2.14 bits per heavy atom. The number of rotatable bonds is 5. The molecule has 0 fully saturated rings. The summed E-state index contributed by atoms with van der Waals surface area (Å²) >= 11 is 1.24. The first-order valence-electron chi connectivity index (χ1n) is 6.20. The van der Waals surface area contributed by atoms with E-state index in [1.807, 2.05) is 0 Å². The van der Waals surface area contributed by atoms with Crippen molar-refractivity contribution in [1.82, 2.24) is 0 Å². The molecule has 2 rings (SSSR count). The highest BCUT2D eigenvalue weighted by molar-refractivity contribution is 8.00. The monoisotopic (exact) mass is 306 g/mol. The van der Waals surface area contributed by atoms with Gasteiger partial charge in [0.2, 0.25) is 5.91 Å². The van der Waals surface area contributed by atoms with Crippen molar-refractivity contribution in [3.05, 3.63) is 48.3 Å². The molecule has 0 aliphatic carbocycles. The molecule has 6 heteroatoms. The smallest absolute Gasteiger partial charge is 0.234 e. The summed E-state index contributed by atoms with van der Waals surface area (Å²) in [6.45, 7) is 0. The van der Waals surface area contributed by atoms with Crippen molar-refractivity contribution in [3.63, 3.8) is 0 Å². The van der Waals surface area contributed by atoms with Gasteiger partial charge in [-0.25, -0.2) is 4.39 Å². The third kappa shape index (κ3) is 4.39. The maximum absolute atomic E-state index is 13.3. The number of methoxy groups -OCH3 is 1. The topological polar surface area (TPSA) is 64.3 Å². The van der Waals surface area contributed by atoms with Gasteiger partial charge in [-0.3, -0.25) is 4.79 Å². The van der Waals surface area contributed by atoms with Gasteiger partial charge < -0.3 is 15.8 Å². The number of benzene rings is 2. The second-order valence-corrected chi connectivity index (χ2v) is 5.30. The van der Waals surface area contributed by atoms with E-state index in [1.54, 1.807) is 37.4 Å². The fourth-order valence-corrected chi connectivity index (χ4v) is 2.37. The zero-order chi connectivity index (χ0) is 15.2. The first kappa shape index (κ1) is 15.2. The highest BCUT2D eigenvalue weighted by Gasteiger charge is 2.06. The van der Waals surface area contributed by atoms with Crippen molar-refractivity contribution >= 4 is 29.0 Å². The lowest BCUT2D eigenvalue weighted by atomic mass is 10.3. The van der Waals surface area contributed by atoms with Gasteiger partial charge in [0.15, 0.2) is 0 Å². The van der Waals surface area contributed by atoms with Crippen LogP contribution in [0.4, 0.5) is 15.8 Å². The molecule has 0 bridgehead atoms. The number of halogens is 1. The molecule has 2 aromatic carbocycles. The lowest BCUT2D eigenvalue weighted by Crippen LogP contribution is -2.13. The molecule has 2 aromatic rings. The van der Waals surface area contributed by atoms with E-state index >= 15 is 0 Å². The van der Waals surface area contributed by atoms with E-state index in [0.29, 0.717) is 16.3 Å². The normalized spacial score (nSPS) is 10.2. The Balaban J connectivity index is 1.90. The van der Waals surface area contributed by atoms with E-state index in [0.717, 1.165) is 0 Å². The van der Waals surface area contributed by atoms with E-state index in [-0.39, 0.29) is 17.3 Å². The number of hydrogen-bond donors (Lipinski definition) is 2. The third-order valence-electron chi connectivity index (χ3n) is 2.70. The lowest BCUT2D eigenvalue weighted by Gasteiger charge is -2.07. The number of carbonyl (C=O) groups is 1. The molecule has 0 aliphatic rings. The maximum Gasteiger partial charge on any atom is 0.234 e. The van der Waals surface area contributed by atoms with Crippen LogP contribution in [-0.2, 0) is 4.79 Å². The Bertz CT molecular complexity index is 649. The molecule has 0 saturated heterocycles. The Hall–Kier alpha value is -2.21. The minimum absolute atomic E-state index is 0.0974. The second-order valence-electron chi connectivity index (χ2n) is 4.25. The van der Waals surface area contributed by atoms with Crippen molar-refractivity contribution in [2.24, 2.45) is 0 Å². The first-order valence-corrected chi connectivity index (χ1v) is 7.19. The van der Waals surface area contributed by atoms with Gasteiger partial charge in [-0.1, -0.05) is 6.07 Å². The van der Waals surface area contributed by atoms with Crippen molar-refractivity contribution in [2.75, 3.05) is 23.9 Å². The van der Waals surface area contributed by atoms with Crippen LogP contribution in [0.3, 0.4) is 0 Å². The number of nitrogens with two attached hydrogens (primary N) is 1. The van der Waals surface area contributed by atoms with E-state index < -0.39 is 5.82 Å². The number of hydrogen-bond acceptors (Lipinski definition) is 4. The summed E-state index contributed by atoms with van der Waals surface area (Å²) in [7, 11) is 1.56. The van der Waals surface area contributed by atoms with Crippen LogP contribution in [0.1, 0.15) is 0 Å². The number of ether oxygens (including phenoxy) is 1. The van der Waals surface area contributed by atoms with Gasteiger partial charge in [0.1, 0.15) is 11.6 Å². The van der Waals surface area contributed by atoms with Crippen LogP contribution in [0.15, 0.2) is 47.4 Å². The molecule has 21 heavy (non-hydrogen) atoms. The molecule has 110 valence electrons. The Morgan fingerprint density at radius 3 is 2.86 bits per heavy atom. The average molecular weight is 306 g/mol. The number of thioether (sulfide) groups is 1. The molecule has 4 nitrogen and oxygen atoms in total. The highest BCUT2D eigenvalue weighted by Crippen LogP contribution is 2.22. The number of amides is 1. The van der Waals surface area contributed by atoms with Crippen LogP contribution < -0.4 is 15.8 Å². The van der Waals surface area contributed by atoms with E-state index in [1.165, 1.54) is 23.9 Å². The summed E-state index contributed by atoms with van der Waals surface area (Å²) in [6, 6.07) is 11.6. The third-order valence-corrected chi connectivity index (χ3v) is 3.69. The molecule has 0 saturated carbocycles. The van der Waals surface area contributed by atoms with Crippen LogP contribution in [0.2, 0.25) is 0 Å². The Labute approximate surface area is 126 Å². The lowest BCUT2D eigenvalue weighted by molar-refractivity contribution is -0.113. The minimum atomic E-state index is -0.479. The summed E-state index contributed by atoms with van der Waals surface area (Å²) in [4.78, 5) is 12.5. The standard InChI is InChI=1S/C15H15FN2O2S/c1-20-11-4-2-3-10(7-11)18-15(19)9-21-12-5-6-14(17)13(16)8-12/h2-8H,9,17H2,1H3,(H,18,19). The van der Waals surface area contributed by atoms with Crippen molar-refractivity contribution in [3.8, 4) is 5.75 Å². The van der Waals surface area contributed by atoms with Gasteiger partial charge >= 0.3 is 0 Å². The quantitative estimate of drug-likeness (QED) is 0.658. The molecule has 0 aromatic heterocycles. The van der Waals surface area contributed by atoms with Crippen LogP contribution in [0.5, 0.6) is 5.75 Å². The Morgan fingerprint density at radius 1 is 1.33 bits per heavy atom. The molecular formula is C15H15FN2O2S. The molecule has 1 amide bonds. The molecule has 0 heterocycles. The zero-order valence-corrected chi connectivity index (χ0v) is 12.2. The largest absolute Gasteiger partial charge is 0.497 e. The van der Waals surface area contributed by atoms with Crippen LogP contribution >= 0.6 is 11.8 Å².